The highest BCUT2D eigenvalue weighted by atomic mass is 14.1. The Morgan fingerprint density at radius 3 is 2.07 bits per heavy atom. The molecule has 0 heteroatoms. The molecular formula is C15H15. The molecule has 0 N–H and O–H groups in total. The first kappa shape index (κ1) is 9.97. The van der Waals surface area contributed by atoms with E-state index in [-0.39, 0.29) is 0 Å². The van der Waals surface area contributed by atoms with Crippen molar-refractivity contribution in [2.24, 2.45) is 0 Å². The van der Waals surface area contributed by atoms with Gasteiger partial charge in [-0.15, -0.1) is 0 Å². The van der Waals surface area contributed by atoms with Crippen LogP contribution in [-0.2, 0) is 0 Å². The van der Waals surface area contributed by atoms with Crippen LogP contribution in [0.3, 0.4) is 0 Å². The van der Waals surface area contributed by atoms with Crippen LogP contribution in [-0.4, -0.2) is 0 Å². The van der Waals surface area contributed by atoms with Crippen LogP contribution in [0.5, 0.6) is 0 Å². The fraction of sp³-hybridized carbons (Fsp3) is 0.200. The molecule has 2 rings (SSSR count). The van der Waals surface area contributed by atoms with Crippen molar-refractivity contribution in [3.63, 3.8) is 0 Å². The fourth-order valence-corrected chi connectivity index (χ4v) is 1.94. The van der Waals surface area contributed by atoms with Crippen molar-refractivity contribution in [1.82, 2.24) is 0 Å². The third kappa shape index (κ3) is 2.10. The Bertz CT molecular complexity index is 461. The van der Waals surface area contributed by atoms with Gasteiger partial charge in [0.25, 0.3) is 0 Å². The minimum Gasteiger partial charge on any atom is -0.0620 e. The van der Waals surface area contributed by atoms with Crippen LogP contribution in [0.1, 0.15) is 16.7 Å². The van der Waals surface area contributed by atoms with Crippen molar-refractivity contribution in [3.05, 3.63) is 59.2 Å². The molecule has 1 radical (unpaired) electrons. The first-order valence-electron chi connectivity index (χ1n) is 5.23. The zero-order chi connectivity index (χ0) is 10.8. The van der Waals surface area contributed by atoms with E-state index in [1.165, 1.54) is 27.8 Å². The lowest BCUT2D eigenvalue weighted by atomic mass is 9.97. The Morgan fingerprint density at radius 1 is 0.867 bits per heavy atom. The SMILES string of the molecule is Cc1[c]c(C)cc(-c2ccccc2C)c1. The molecule has 0 spiro atoms. The van der Waals surface area contributed by atoms with Gasteiger partial charge in [0.15, 0.2) is 0 Å². The Morgan fingerprint density at radius 2 is 1.47 bits per heavy atom. The quantitative estimate of drug-likeness (QED) is 0.643. The van der Waals surface area contributed by atoms with Gasteiger partial charge in [0.05, 0.1) is 0 Å². The molecule has 0 unspecified atom stereocenters. The zero-order valence-corrected chi connectivity index (χ0v) is 9.46. The Labute approximate surface area is 91.6 Å². The van der Waals surface area contributed by atoms with Gasteiger partial charge in [0.1, 0.15) is 0 Å². The molecule has 15 heavy (non-hydrogen) atoms. The lowest BCUT2D eigenvalue weighted by molar-refractivity contribution is 1.36. The molecule has 0 fully saturated rings. The average Bonchev–Trinajstić information content (AvgIpc) is 2.16. The van der Waals surface area contributed by atoms with Gasteiger partial charge in [-0.05, 0) is 54.7 Å². The summed E-state index contributed by atoms with van der Waals surface area (Å²) >= 11 is 0. The van der Waals surface area contributed by atoms with Gasteiger partial charge < -0.3 is 0 Å². The Kier molecular flexibility index (Phi) is 2.59. The molecule has 0 nitrogen and oxygen atoms in total. The van der Waals surface area contributed by atoms with Crippen LogP contribution in [0.25, 0.3) is 11.1 Å². The van der Waals surface area contributed by atoms with Gasteiger partial charge in [-0.25, -0.2) is 0 Å². The monoisotopic (exact) mass is 195 g/mol. The summed E-state index contributed by atoms with van der Waals surface area (Å²) in [6.07, 6.45) is 0. The predicted molar refractivity (Wildman–Crippen MR) is 64.9 cm³/mol. The summed E-state index contributed by atoms with van der Waals surface area (Å²) in [6.45, 7) is 6.33. The molecule has 2 aromatic rings. The summed E-state index contributed by atoms with van der Waals surface area (Å²) in [6, 6.07) is 16.2. The van der Waals surface area contributed by atoms with E-state index in [1.54, 1.807) is 0 Å². The molecule has 0 aliphatic carbocycles. The number of rotatable bonds is 1. The van der Waals surface area contributed by atoms with Gasteiger partial charge in [-0.1, -0.05) is 36.4 Å². The van der Waals surface area contributed by atoms with E-state index in [0.717, 1.165) is 0 Å². The number of aryl methyl sites for hydroxylation is 3. The van der Waals surface area contributed by atoms with E-state index in [4.69, 9.17) is 0 Å². The van der Waals surface area contributed by atoms with Gasteiger partial charge in [-0.2, -0.15) is 0 Å². The molecule has 0 aromatic heterocycles. The Hall–Kier alpha value is -1.56. The number of hydrogen-bond donors (Lipinski definition) is 0. The standard InChI is InChI=1S/C15H15/c1-11-8-12(2)10-14(9-11)15-7-5-4-6-13(15)3/h4-7,9-10H,1-3H3. The van der Waals surface area contributed by atoms with Crippen LogP contribution in [0.2, 0.25) is 0 Å². The first-order valence-corrected chi connectivity index (χ1v) is 5.23. The first-order chi connectivity index (χ1) is 7.16. The van der Waals surface area contributed by atoms with Gasteiger partial charge in [0, 0.05) is 0 Å². The maximum Gasteiger partial charge on any atom is -0.0120 e. The minimum atomic E-state index is 1.20. The van der Waals surface area contributed by atoms with E-state index in [0.29, 0.717) is 0 Å². The van der Waals surface area contributed by atoms with E-state index in [2.05, 4.69) is 63.2 Å². The summed E-state index contributed by atoms with van der Waals surface area (Å²) in [5, 5.41) is 0. The molecule has 0 bridgehead atoms. The zero-order valence-electron chi connectivity index (χ0n) is 9.46. The Balaban J connectivity index is 2.59. The molecule has 75 valence electrons. The maximum atomic E-state index is 3.30. The van der Waals surface area contributed by atoms with Crippen molar-refractivity contribution in [3.8, 4) is 11.1 Å². The van der Waals surface area contributed by atoms with E-state index < -0.39 is 0 Å². The molecule has 0 saturated heterocycles. The highest BCUT2D eigenvalue weighted by Gasteiger charge is 2.01. The lowest BCUT2D eigenvalue weighted by Crippen LogP contribution is -1.85. The van der Waals surface area contributed by atoms with Gasteiger partial charge >= 0.3 is 0 Å². The lowest BCUT2D eigenvalue weighted by Gasteiger charge is -2.07. The summed E-state index contributed by atoms with van der Waals surface area (Å²) in [4.78, 5) is 0. The minimum absolute atomic E-state index is 1.20. The number of benzene rings is 2. The van der Waals surface area contributed by atoms with E-state index in [9.17, 15) is 0 Å². The summed E-state index contributed by atoms with van der Waals surface area (Å²) < 4.78 is 0. The summed E-state index contributed by atoms with van der Waals surface area (Å²) in [5.74, 6) is 0. The van der Waals surface area contributed by atoms with Crippen LogP contribution in [0, 0.1) is 26.8 Å². The van der Waals surface area contributed by atoms with Crippen LogP contribution in [0.15, 0.2) is 36.4 Å². The second-order valence-corrected chi connectivity index (χ2v) is 4.05. The molecule has 0 atom stereocenters. The molecule has 0 heterocycles. The molecule has 2 aromatic carbocycles. The molecule has 0 aliphatic rings. The molecule has 0 aliphatic heterocycles. The normalized spacial score (nSPS) is 10.3. The van der Waals surface area contributed by atoms with Crippen molar-refractivity contribution in [2.75, 3.05) is 0 Å². The summed E-state index contributed by atoms with van der Waals surface area (Å²) in [7, 11) is 0. The second kappa shape index (κ2) is 3.90. The highest BCUT2D eigenvalue weighted by molar-refractivity contribution is 5.68. The number of hydrogen-bond acceptors (Lipinski definition) is 0. The fourth-order valence-electron chi connectivity index (χ4n) is 1.94. The van der Waals surface area contributed by atoms with Crippen molar-refractivity contribution in [2.45, 2.75) is 20.8 Å². The smallest absolute Gasteiger partial charge is 0.0120 e. The van der Waals surface area contributed by atoms with Crippen LogP contribution >= 0.6 is 0 Å². The van der Waals surface area contributed by atoms with Crippen molar-refractivity contribution >= 4 is 0 Å². The third-order valence-electron chi connectivity index (χ3n) is 2.59. The van der Waals surface area contributed by atoms with E-state index >= 15 is 0 Å². The summed E-state index contributed by atoms with van der Waals surface area (Å²) in [5.41, 5.74) is 6.34. The predicted octanol–water partition coefficient (Wildman–Crippen LogP) is 4.08. The molecule has 0 amide bonds. The highest BCUT2D eigenvalue weighted by Crippen LogP contribution is 2.24. The second-order valence-electron chi connectivity index (χ2n) is 4.05. The van der Waals surface area contributed by atoms with Gasteiger partial charge in [0.2, 0.25) is 0 Å². The molecular weight excluding hydrogens is 180 g/mol. The largest absolute Gasteiger partial charge is 0.0620 e. The van der Waals surface area contributed by atoms with Gasteiger partial charge in [-0.3, -0.25) is 0 Å². The molecule has 0 saturated carbocycles. The average molecular weight is 195 g/mol. The third-order valence-corrected chi connectivity index (χ3v) is 2.59. The van der Waals surface area contributed by atoms with Crippen molar-refractivity contribution < 1.29 is 0 Å². The van der Waals surface area contributed by atoms with Crippen LogP contribution in [0.4, 0.5) is 0 Å². The maximum absolute atomic E-state index is 3.30. The topological polar surface area (TPSA) is 0 Å². The van der Waals surface area contributed by atoms with Crippen LogP contribution < -0.4 is 0 Å². The van der Waals surface area contributed by atoms with Crippen molar-refractivity contribution in [1.29, 1.82) is 0 Å². The van der Waals surface area contributed by atoms with E-state index in [1.807, 2.05) is 0 Å².